The molecule has 0 radical (unpaired) electrons. The van der Waals surface area contributed by atoms with Gasteiger partial charge in [-0.1, -0.05) is 36.4 Å². The minimum atomic E-state index is 0. The average Bonchev–Trinajstić information content (AvgIpc) is 3.24. The Morgan fingerprint density at radius 1 is 1.07 bits per heavy atom. The van der Waals surface area contributed by atoms with E-state index >= 15 is 0 Å². The number of hydrogen-bond acceptors (Lipinski definition) is 3. The molecule has 3 rings (SSSR count). The van der Waals surface area contributed by atoms with E-state index in [4.69, 9.17) is 9.73 Å². The van der Waals surface area contributed by atoms with E-state index in [0.29, 0.717) is 13.1 Å². The fourth-order valence-electron chi connectivity index (χ4n) is 3.12. The highest BCUT2D eigenvalue weighted by atomic mass is 127. The van der Waals surface area contributed by atoms with Crippen molar-refractivity contribution >= 4 is 29.9 Å². The molecule has 1 heterocycles. The van der Waals surface area contributed by atoms with Crippen LogP contribution in [0.15, 0.2) is 65.9 Å². The molecule has 2 N–H and O–H groups in total. The van der Waals surface area contributed by atoms with Gasteiger partial charge in [-0.25, -0.2) is 4.99 Å². The van der Waals surface area contributed by atoms with Crippen molar-refractivity contribution in [3.63, 3.8) is 0 Å². The molecule has 0 spiro atoms. The zero-order chi connectivity index (χ0) is 20.5. The minimum Gasteiger partial charge on any atom is -0.496 e. The predicted octanol–water partition coefficient (Wildman–Crippen LogP) is 4.12. The van der Waals surface area contributed by atoms with Gasteiger partial charge >= 0.3 is 0 Å². The number of nitrogens with one attached hydrogen (secondary N) is 2. The average molecular weight is 519 g/mol. The number of benzene rings is 2. The molecule has 0 aliphatic rings. The Morgan fingerprint density at radius 2 is 1.87 bits per heavy atom. The Hall–Kier alpha value is -2.55. The third-order valence-corrected chi connectivity index (χ3v) is 4.65. The molecule has 160 valence electrons. The van der Waals surface area contributed by atoms with Gasteiger partial charge in [0.2, 0.25) is 0 Å². The fraction of sp³-hybridized carbons (Fsp3) is 0.304. The van der Waals surface area contributed by atoms with E-state index in [9.17, 15) is 0 Å². The van der Waals surface area contributed by atoms with E-state index in [1.807, 2.05) is 23.0 Å². The number of aromatic nitrogens is 2. The molecule has 0 bridgehead atoms. The lowest BCUT2D eigenvalue weighted by atomic mass is 10.1. The Kier molecular flexibility index (Phi) is 9.66. The van der Waals surface area contributed by atoms with Gasteiger partial charge in [0.05, 0.1) is 20.2 Å². The van der Waals surface area contributed by atoms with E-state index in [1.165, 1.54) is 16.7 Å². The van der Waals surface area contributed by atoms with Crippen LogP contribution in [0.3, 0.4) is 0 Å². The molecule has 0 fully saturated rings. The standard InChI is InChI=1S/C23H29N5O.HI/c1-4-24-23(26-16-20-11-10-18(2)14-22(20)29-3)25-15-19-8-5-6-9-21(19)17-28-13-7-12-27-28;/h5-14H,4,15-17H2,1-3H3,(H2,24,25,26);1H. The maximum Gasteiger partial charge on any atom is 0.191 e. The smallest absolute Gasteiger partial charge is 0.191 e. The summed E-state index contributed by atoms with van der Waals surface area (Å²) < 4.78 is 7.43. The van der Waals surface area contributed by atoms with E-state index in [1.54, 1.807) is 13.3 Å². The molecule has 0 aliphatic heterocycles. The number of halogens is 1. The maximum atomic E-state index is 5.50. The van der Waals surface area contributed by atoms with Crippen molar-refractivity contribution in [2.24, 2.45) is 4.99 Å². The lowest BCUT2D eigenvalue weighted by Gasteiger charge is -2.15. The van der Waals surface area contributed by atoms with Gasteiger partial charge in [0.1, 0.15) is 5.75 Å². The summed E-state index contributed by atoms with van der Waals surface area (Å²) in [4.78, 5) is 4.74. The maximum absolute atomic E-state index is 5.50. The van der Waals surface area contributed by atoms with Crippen LogP contribution in [-0.2, 0) is 19.6 Å². The van der Waals surface area contributed by atoms with Gasteiger partial charge in [0.25, 0.3) is 0 Å². The summed E-state index contributed by atoms with van der Waals surface area (Å²) in [5.74, 6) is 1.65. The van der Waals surface area contributed by atoms with Crippen LogP contribution in [0.2, 0.25) is 0 Å². The topological polar surface area (TPSA) is 63.5 Å². The molecule has 2 aromatic carbocycles. The molecule has 3 aromatic rings. The fourth-order valence-corrected chi connectivity index (χ4v) is 3.12. The van der Waals surface area contributed by atoms with Crippen LogP contribution in [0.4, 0.5) is 0 Å². The zero-order valence-corrected chi connectivity index (χ0v) is 20.1. The molecule has 0 aliphatic carbocycles. The van der Waals surface area contributed by atoms with Gasteiger partial charge in [0, 0.05) is 31.0 Å². The molecule has 0 saturated carbocycles. The first kappa shape index (κ1) is 23.7. The molecule has 6 nitrogen and oxygen atoms in total. The number of ether oxygens (including phenoxy) is 1. The summed E-state index contributed by atoms with van der Waals surface area (Å²) in [5.41, 5.74) is 4.70. The SMILES string of the molecule is CCNC(=NCc1ccc(C)cc1OC)NCc1ccccc1Cn1cccn1.I. The summed E-state index contributed by atoms with van der Waals surface area (Å²) in [6, 6.07) is 16.5. The van der Waals surface area contributed by atoms with E-state index in [2.05, 4.69) is 66.0 Å². The number of aliphatic imine (C=N–C) groups is 1. The van der Waals surface area contributed by atoms with E-state index < -0.39 is 0 Å². The largest absolute Gasteiger partial charge is 0.496 e. The molecule has 0 saturated heterocycles. The van der Waals surface area contributed by atoms with Crippen LogP contribution < -0.4 is 15.4 Å². The Labute approximate surface area is 195 Å². The van der Waals surface area contributed by atoms with Crippen molar-refractivity contribution in [1.82, 2.24) is 20.4 Å². The number of aryl methyl sites for hydroxylation is 1. The van der Waals surface area contributed by atoms with Crippen molar-refractivity contribution in [2.45, 2.75) is 33.5 Å². The van der Waals surface area contributed by atoms with Crippen molar-refractivity contribution in [2.75, 3.05) is 13.7 Å². The molecular formula is C23H30IN5O. The van der Waals surface area contributed by atoms with Crippen molar-refractivity contribution in [3.8, 4) is 5.75 Å². The van der Waals surface area contributed by atoms with Crippen LogP contribution in [0.25, 0.3) is 0 Å². The first-order valence-electron chi connectivity index (χ1n) is 9.89. The number of methoxy groups -OCH3 is 1. The predicted molar refractivity (Wildman–Crippen MR) is 133 cm³/mol. The summed E-state index contributed by atoms with van der Waals surface area (Å²) in [5, 5.41) is 11.1. The normalized spacial score (nSPS) is 11.0. The monoisotopic (exact) mass is 519 g/mol. The highest BCUT2D eigenvalue weighted by molar-refractivity contribution is 14.0. The Morgan fingerprint density at radius 3 is 2.57 bits per heavy atom. The van der Waals surface area contributed by atoms with Gasteiger partial charge in [-0.3, -0.25) is 4.68 Å². The summed E-state index contributed by atoms with van der Waals surface area (Å²) >= 11 is 0. The van der Waals surface area contributed by atoms with E-state index in [0.717, 1.165) is 30.4 Å². The van der Waals surface area contributed by atoms with Crippen molar-refractivity contribution in [3.05, 3.63) is 83.2 Å². The summed E-state index contributed by atoms with van der Waals surface area (Å²) in [6.07, 6.45) is 3.78. The van der Waals surface area contributed by atoms with Gasteiger partial charge in [-0.05, 0) is 42.7 Å². The van der Waals surface area contributed by atoms with Crippen LogP contribution in [0.1, 0.15) is 29.2 Å². The number of nitrogens with zero attached hydrogens (tertiary/aromatic N) is 3. The van der Waals surface area contributed by atoms with Gasteiger partial charge in [0.15, 0.2) is 5.96 Å². The van der Waals surface area contributed by atoms with Crippen LogP contribution in [-0.4, -0.2) is 29.4 Å². The van der Waals surface area contributed by atoms with Gasteiger partial charge < -0.3 is 15.4 Å². The van der Waals surface area contributed by atoms with Crippen molar-refractivity contribution < 1.29 is 4.74 Å². The van der Waals surface area contributed by atoms with Gasteiger partial charge in [-0.2, -0.15) is 5.10 Å². The molecule has 7 heteroatoms. The summed E-state index contributed by atoms with van der Waals surface area (Å²) in [6.45, 7) is 6.91. The molecule has 0 atom stereocenters. The van der Waals surface area contributed by atoms with Crippen LogP contribution >= 0.6 is 24.0 Å². The first-order valence-corrected chi connectivity index (χ1v) is 9.89. The second-order valence-corrected chi connectivity index (χ2v) is 6.84. The molecule has 0 amide bonds. The third kappa shape index (κ3) is 6.76. The van der Waals surface area contributed by atoms with Crippen molar-refractivity contribution in [1.29, 1.82) is 0 Å². The Balaban J connectivity index is 0.00000320. The molecule has 1 aromatic heterocycles. The number of guanidine groups is 1. The van der Waals surface area contributed by atoms with Gasteiger partial charge in [-0.15, -0.1) is 24.0 Å². The third-order valence-electron chi connectivity index (χ3n) is 4.65. The highest BCUT2D eigenvalue weighted by Crippen LogP contribution is 2.20. The number of rotatable bonds is 8. The van der Waals surface area contributed by atoms with E-state index in [-0.39, 0.29) is 24.0 Å². The van der Waals surface area contributed by atoms with Crippen LogP contribution in [0, 0.1) is 6.92 Å². The highest BCUT2D eigenvalue weighted by Gasteiger charge is 2.06. The number of hydrogen-bond donors (Lipinski definition) is 2. The lowest BCUT2D eigenvalue weighted by Crippen LogP contribution is -2.37. The molecule has 30 heavy (non-hydrogen) atoms. The minimum absolute atomic E-state index is 0. The first-order chi connectivity index (χ1) is 14.2. The quantitative estimate of drug-likeness (QED) is 0.267. The summed E-state index contributed by atoms with van der Waals surface area (Å²) in [7, 11) is 1.70. The zero-order valence-electron chi connectivity index (χ0n) is 17.8. The molecule has 0 unspecified atom stereocenters. The van der Waals surface area contributed by atoms with Crippen LogP contribution in [0.5, 0.6) is 5.75 Å². The lowest BCUT2D eigenvalue weighted by molar-refractivity contribution is 0.409. The molecular weight excluding hydrogens is 489 g/mol. The second kappa shape index (κ2) is 12.2. The Bertz CT molecular complexity index is 941. The second-order valence-electron chi connectivity index (χ2n) is 6.84.